The monoisotopic (exact) mass is 540 g/mol. The summed E-state index contributed by atoms with van der Waals surface area (Å²) < 4.78 is 39.5. The van der Waals surface area contributed by atoms with E-state index in [0.29, 0.717) is 29.7 Å². The minimum absolute atomic E-state index is 0.130. The maximum Gasteiger partial charge on any atom is 0.416 e. The van der Waals surface area contributed by atoms with Crippen molar-refractivity contribution in [2.75, 3.05) is 24.5 Å². The summed E-state index contributed by atoms with van der Waals surface area (Å²) in [5, 5.41) is 1.33. The molecule has 0 aromatic heterocycles. The number of halogens is 6. The summed E-state index contributed by atoms with van der Waals surface area (Å²) in [7, 11) is 0. The third-order valence-electron chi connectivity index (χ3n) is 6.12. The van der Waals surface area contributed by atoms with Gasteiger partial charge in [-0.2, -0.15) is 13.2 Å². The largest absolute Gasteiger partial charge is 0.416 e. The lowest BCUT2D eigenvalue weighted by atomic mass is 10.00. The molecule has 1 fully saturated rings. The van der Waals surface area contributed by atoms with Crippen LogP contribution in [0.15, 0.2) is 60.7 Å². The van der Waals surface area contributed by atoms with E-state index in [1.165, 1.54) is 6.07 Å². The van der Waals surface area contributed by atoms with Gasteiger partial charge in [0.05, 0.1) is 28.7 Å². The number of hydrogen-bond donors (Lipinski definition) is 0. The van der Waals surface area contributed by atoms with Crippen LogP contribution in [0.2, 0.25) is 15.1 Å². The number of rotatable bonds is 4. The smallest absolute Gasteiger partial charge is 0.360 e. The van der Waals surface area contributed by atoms with Gasteiger partial charge in [-0.15, -0.1) is 0 Å². The highest BCUT2D eigenvalue weighted by Gasteiger charge is 2.33. The predicted molar refractivity (Wildman–Crippen MR) is 134 cm³/mol. The number of aryl methyl sites for hydroxylation is 1. The molecule has 1 unspecified atom stereocenters. The quantitative estimate of drug-likeness (QED) is 0.339. The van der Waals surface area contributed by atoms with Gasteiger partial charge in [0.1, 0.15) is 0 Å². The van der Waals surface area contributed by atoms with Gasteiger partial charge in [0.2, 0.25) is 5.91 Å². The molecule has 0 saturated carbocycles. The van der Waals surface area contributed by atoms with Crippen molar-refractivity contribution >= 4 is 46.4 Å². The van der Waals surface area contributed by atoms with Gasteiger partial charge in [0.15, 0.2) is 0 Å². The van der Waals surface area contributed by atoms with E-state index in [4.69, 9.17) is 34.8 Å². The molecule has 1 aliphatic rings. The van der Waals surface area contributed by atoms with Crippen LogP contribution in [0.1, 0.15) is 28.3 Å². The number of carbonyl (C=O) groups is 1. The summed E-state index contributed by atoms with van der Waals surface area (Å²) in [6, 6.07) is 16.0. The Morgan fingerprint density at radius 1 is 0.943 bits per heavy atom. The first-order valence-corrected chi connectivity index (χ1v) is 12.1. The normalized spacial score (nSPS) is 16.5. The van der Waals surface area contributed by atoms with Gasteiger partial charge in [0, 0.05) is 29.7 Å². The van der Waals surface area contributed by atoms with E-state index >= 15 is 0 Å². The number of carbonyl (C=O) groups excluding carboxylic acids is 1. The molecule has 0 spiro atoms. The Labute approximate surface area is 217 Å². The lowest BCUT2D eigenvalue weighted by Gasteiger charge is -2.43. The zero-order valence-corrected chi connectivity index (χ0v) is 21.0. The van der Waals surface area contributed by atoms with Crippen LogP contribution < -0.4 is 4.90 Å². The molecule has 1 amide bonds. The maximum absolute atomic E-state index is 13.2. The molecule has 1 atom stereocenters. The number of alkyl halides is 3. The fourth-order valence-corrected chi connectivity index (χ4v) is 4.93. The number of amides is 1. The highest BCUT2D eigenvalue weighted by Crippen LogP contribution is 2.37. The second-order valence-electron chi connectivity index (χ2n) is 8.54. The maximum atomic E-state index is 13.2. The van der Waals surface area contributed by atoms with Gasteiger partial charge >= 0.3 is 6.18 Å². The standard InChI is InChI=1S/C26H22Cl3F3N2O/c1-16-2-9-23(22(29)12-16)34-11-10-33(15-24(34)17-3-6-20(27)7-4-17)25(35)14-18-13-19(26(30,31)32)5-8-21(18)28/h2-9,12-13,24H,10-11,14-15H2,1H3. The fraction of sp³-hybridized carbons (Fsp3) is 0.269. The molecule has 3 nitrogen and oxygen atoms in total. The number of piperazine rings is 1. The van der Waals surface area contributed by atoms with Gasteiger partial charge in [-0.25, -0.2) is 0 Å². The number of anilines is 1. The molecule has 1 aliphatic heterocycles. The third kappa shape index (κ3) is 5.88. The number of benzene rings is 3. The van der Waals surface area contributed by atoms with Crippen LogP contribution in [0.4, 0.5) is 18.9 Å². The summed E-state index contributed by atoms with van der Waals surface area (Å²) >= 11 is 18.8. The van der Waals surface area contributed by atoms with E-state index in [0.717, 1.165) is 28.9 Å². The molecular weight excluding hydrogens is 520 g/mol. The van der Waals surface area contributed by atoms with Gasteiger partial charge in [0.25, 0.3) is 0 Å². The summed E-state index contributed by atoms with van der Waals surface area (Å²) in [5.41, 5.74) is 2.15. The second kappa shape index (κ2) is 10.3. The molecule has 1 saturated heterocycles. The third-order valence-corrected chi connectivity index (χ3v) is 7.04. The molecule has 0 N–H and O–H groups in total. The van der Waals surface area contributed by atoms with E-state index < -0.39 is 11.7 Å². The van der Waals surface area contributed by atoms with Crippen LogP contribution >= 0.6 is 34.8 Å². The van der Waals surface area contributed by atoms with Crippen molar-refractivity contribution in [3.8, 4) is 0 Å². The molecule has 4 rings (SSSR count). The minimum Gasteiger partial charge on any atom is -0.360 e. The lowest BCUT2D eigenvalue weighted by Crippen LogP contribution is -2.51. The summed E-state index contributed by atoms with van der Waals surface area (Å²) in [6.45, 7) is 3.19. The molecule has 3 aromatic rings. The van der Waals surface area contributed by atoms with Gasteiger partial charge in [-0.3, -0.25) is 4.79 Å². The van der Waals surface area contributed by atoms with Crippen LogP contribution in [0.5, 0.6) is 0 Å². The number of nitrogens with zero attached hydrogens (tertiary/aromatic N) is 2. The van der Waals surface area contributed by atoms with Crippen LogP contribution in [-0.2, 0) is 17.4 Å². The van der Waals surface area contributed by atoms with Crippen LogP contribution in [0.25, 0.3) is 0 Å². The van der Waals surface area contributed by atoms with Crippen molar-refractivity contribution < 1.29 is 18.0 Å². The van der Waals surface area contributed by atoms with E-state index in [9.17, 15) is 18.0 Å². The predicted octanol–water partition coefficient (Wildman–Crippen LogP) is 7.61. The molecule has 184 valence electrons. The number of hydrogen-bond acceptors (Lipinski definition) is 2. The first kappa shape index (κ1) is 25.7. The van der Waals surface area contributed by atoms with Crippen molar-refractivity contribution in [1.82, 2.24) is 4.90 Å². The molecule has 3 aromatic carbocycles. The van der Waals surface area contributed by atoms with Crippen LogP contribution in [0, 0.1) is 6.92 Å². The Morgan fingerprint density at radius 2 is 1.66 bits per heavy atom. The molecule has 0 radical (unpaired) electrons. The molecule has 0 bridgehead atoms. The average molecular weight is 542 g/mol. The first-order chi connectivity index (χ1) is 16.5. The Balaban J connectivity index is 1.61. The van der Waals surface area contributed by atoms with E-state index in [1.54, 1.807) is 17.0 Å². The average Bonchev–Trinajstić information content (AvgIpc) is 2.80. The Kier molecular flexibility index (Phi) is 7.55. The minimum atomic E-state index is -4.51. The SMILES string of the molecule is Cc1ccc(N2CCN(C(=O)Cc3cc(C(F)(F)F)ccc3Cl)CC2c2ccc(Cl)cc2)c(Cl)c1. The van der Waals surface area contributed by atoms with Crippen LogP contribution in [0.3, 0.4) is 0 Å². The van der Waals surface area contributed by atoms with E-state index in [-0.39, 0.29) is 29.0 Å². The summed E-state index contributed by atoms with van der Waals surface area (Å²) in [6.07, 6.45) is -4.73. The van der Waals surface area contributed by atoms with Gasteiger partial charge in [-0.05, 0) is 66.1 Å². The van der Waals surface area contributed by atoms with Gasteiger partial charge in [-0.1, -0.05) is 53.0 Å². The molecule has 0 aliphatic carbocycles. The molecule has 1 heterocycles. The molecule has 9 heteroatoms. The van der Waals surface area contributed by atoms with Crippen molar-refractivity contribution in [1.29, 1.82) is 0 Å². The molecule has 35 heavy (non-hydrogen) atoms. The Morgan fingerprint density at radius 3 is 2.31 bits per heavy atom. The summed E-state index contributed by atoms with van der Waals surface area (Å²) in [5.74, 6) is -0.292. The Hall–Kier alpha value is -2.41. The van der Waals surface area contributed by atoms with Crippen LogP contribution in [-0.4, -0.2) is 30.4 Å². The van der Waals surface area contributed by atoms with Gasteiger partial charge < -0.3 is 9.80 Å². The van der Waals surface area contributed by atoms with Crippen molar-refractivity contribution in [2.24, 2.45) is 0 Å². The van der Waals surface area contributed by atoms with Crippen molar-refractivity contribution in [3.63, 3.8) is 0 Å². The topological polar surface area (TPSA) is 23.6 Å². The first-order valence-electron chi connectivity index (χ1n) is 10.9. The zero-order chi connectivity index (χ0) is 25.3. The second-order valence-corrected chi connectivity index (χ2v) is 9.79. The van der Waals surface area contributed by atoms with Crippen molar-refractivity contribution in [2.45, 2.75) is 25.6 Å². The molecular formula is C26H22Cl3F3N2O. The zero-order valence-electron chi connectivity index (χ0n) is 18.7. The summed E-state index contributed by atoms with van der Waals surface area (Å²) in [4.78, 5) is 17.0. The van der Waals surface area contributed by atoms with E-state index in [2.05, 4.69) is 4.90 Å². The van der Waals surface area contributed by atoms with Crippen molar-refractivity contribution in [3.05, 3.63) is 98.0 Å². The lowest BCUT2D eigenvalue weighted by molar-refractivity contribution is -0.138. The van der Waals surface area contributed by atoms with E-state index in [1.807, 2.05) is 37.3 Å². The highest BCUT2D eigenvalue weighted by atomic mass is 35.5. The Bertz CT molecular complexity index is 1230. The highest BCUT2D eigenvalue weighted by molar-refractivity contribution is 6.33. The fourth-order valence-electron chi connectivity index (χ4n) is 4.27.